The number of halogens is 3. The zero-order chi connectivity index (χ0) is 14.8. The summed E-state index contributed by atoms with van der Waals surface area (Å²) in [6.07, 6.45) is 2.56. The predicted molar refractivity (Wildman–Crippen MR) is 74.3 cm³/mol. The largest absolute Gasteiger partial charge is 0.248 e. The molecule has 0 unspecified atom stereocenters. The second kappa shape index (κ2) is 5.65. The molecular weight excluding hydrogens is 267 g/mol. The summed E-state index contributed by atoms with van der Waals surface area (Å²) in [6.45, 7) is 7.87. The molecule has 1 rings (SSSR count). The monoisotopic (exact) mass is 288 g/mol. The fraction of sp³-hybridized carbons (Fsp3) is 0.643. The lowest BCUT2D eigenvalue weighted by molar-refractivity contribution is 0.443. The van der Waals surface area contributed by atoms with Crippen molar-refractivity contribution in [2.45, 2.75) is 58.9 Å². The standard InChI is InChI=1S/C14H21F3NSi/c1-14(2,3)19(4,5)13-10(6-15)9-18-12(8-17)11(13)7-16/h6-8H2,1-5H3. The van der Waals surface area contributed by atoms with Gasteiger partial charge in [0.05, 0.1) is 20.0 Å². The summed E-state index contributed by atoms with van der Waals surface area (Å²) in [4.78, 5) is 3.74. The molecule has 0 atom stereocenters. The molecule has 1 heterocycles. The van der Waals surface area contributed by atoms with E-state index in [9.17, 15) is 13.2 Å². The SMILES string of the molecule is CC(C)(C)[Si](C)(C)c1c(CF)[c]nc(CF)c1CF. The Labute approximate surface area is 114 Å². The molecule has 1 nitrogen and oxygen atoms in total. The van der Waals surface area contributed by atoms with E-state index >= 15 is 0 Å². The first-order chi connectivity index (χ1) is 8.70. The molecule has 0 aliphatic heterocycles. The fourth-order valence-corrected chi connectivity index (χ4v) is 4.66. The summed E-state index contributed by atoms with van der Waals surface area (Å²) in [5.41, 5.74) is 0.580. The van der Waals surface area contributed by atoms with Gasteiger partial charge >= 0.3 is 0 Å². The third-order valence-corrected chi connectivity index (χ3v) is 9.78. The van der Waals surface area contributed by atoms with Crippen LogP contribution < -0.4 is 5.19 Å². The van der Waals surface area contributed by atoms with Gasteiger partial charge in [-0.05, 0) is 10.2 Å². The highest BCUT2D eigenvalue weighted by atomic mass is 28.3. The Morgan fingerprint density at radius 1 is 1.05 bits per heavy atom. The van der Waals surface area contributed by atoms with Crippen molar-refractivity contribution >= 4 is 13.3 Å². The second-order valence-corrected chi connectivity index (χ2v) is 11.5. The summed E-state index contributed by atoms with van der Waals surface area (Å²) in [6, 6.07) is 0. The highest BCUT2D eigenvalue weighted by Gasteiger charge is 2.40. The maximum atomic E-state index is 13.3. The van der Waals surface area contributed by atoms with Crippen LogP contribution in [0.3, 0.4) is 0 Å². The first-order valence-corrected chi connectivity index (χ1v) is 9.31. The summed E-state index contributed by atoms with van der Waals surface area (Å²) >= 11 is 0. The minimum atomic E-state index is -2.18. The molecule has 1 radical (unpaired) electrons. The van der Waals surface area contributed by atoms with E-state index in [4.69, 9.17) is 0 Å². The first-order valence-electron chi connectivity index (χ1n) is 6.31. The van der Waals surface area contributed by atoms with E-state index in [-0.39, 0.29) is 21.9 Å². The van der Waals surface area contributed by atoms with Crippen LogP contribution in [0.2, 0.25) is 18.1 Å². The Bertz CT molecular complexity index is 453. The zero-order valence-electron chi connectivity index (χ0n) is 12.2. The lowest BCUT2D eigenvalue weighted by Gasteiger charge is -2.39. The summed E-state index contributed by atoms with van der Waals surface area (Å²) in [5.74, 6) is 0. The van der Waals surface area contributed by atoms with E-state index < -0.39 is 28.1 Å². The van der Waals surface area contributed by atoms with Gasteiger partial charge in [0.2, 0.25) is 0 Å². The maximum Gasteiger partial charge on any atom is 0.132 e. The van der Waals surface area contributed by atoms with Gasteiger partial charge in [-0.2, -0.15) is 0 Å². The smallest absolute Gasteiger partial charge is 0.132 e. The lowest BCUT2D eigenvalue weighted by atomic mass is 10.1. The van der Waals surface area contributed by atoms with Crippen molar-refractivity contribution in [2.24, 2.45) is 0 Å². The molecule has 0 saturated heterocycles. The van der Waals surface area contributed by atoms with E-state index in [0.717, 1.165) is 0 Å². The van der Waals surface area contributed by atoms with E-state index in [2.05, 4.69) is 45.0 Å². The Morgan fingerprint density at radius 2 is 1.63 bits per heavy atom. The molecule has 0 aromatic carbocycles. The molecule has 0 spiro atoms. The molecule has 107 valence electrons. The molecule has 1 aromatic heterocycles. The number of rotatable bonds is 4. The van der Waals surface area contributed by atoms with Crippen LogP contribution in [0.1, 0.15) is 37.6 Å². The van der Waals surface area contributed by atoms with Crippen LogP contribution in [-0.2, 0) is 20.0 Å². The number of hydrogen-bond acceptors (Lipinski definition) is 1. The van der Waals surface area contributed by atoms with Crippen LogP contribution in [0.25, 0.3) is 0 Å². The van der Waals surface area contributed by atoms with Crippen molar-refractivity contribution < 1.29 is 13.2 Å². The van der Waals surface area contributed by atoms with Crippen LogP contribution in [0.15, 0.2) is 0 Å². The van der Waals surface area contributed by atoms with Crippen LogP contribution in [0.4, 0.5) is 13.2 Å². The third kappa shape index (κ3) is 2.85. The highest BCUT2D eigenvalue weighted by molar-refractivity contribution is 6.92. The van der Waals surface area contributed by atoms with Gasteiger partial charge < -0.3 is 0 Å². The normalized spacial score (nSPS) is 12.8. The van der Waals surface area contributed by atoms with Crippen molar-refractivity contribution in [3.63, 3.8) is 0 Å². The topological polar surface area (TPSA) is 12.9 Å². The maximum absolute atomic E-state index is 13.3. The molecule has 0 saturated carbocycles. The molecule has 0 N–H and O–H groups in total. The van der Waals surface area contributed by atoms with Crippen molar-refractivity contribution in [3.05, 3.63) is 23.0 Å². The molecule has 5 heteroatoms. The average molecular weight is 288 g/mol. The Balaban J connectivity index is 3.63. The summed E-state index contributed by atoms with van der Waals surface area (Å²) in [5, 5.41) is 0.552. The molecule has 0 amide bonds. The quantitative estimate of drug-likeness (QED) is 0.763. The third-order valence-electron chi connectivity index (χ3n) is 4.17. The number of nitrogens with zero attached hydrogens (tertiary/aromatic N) is 1. The molecule has 0 bridgehead atoms. The lowest BCUT2D eigenvalue weighted by Crippen LogP contribution is -2.53. The Kier molecular flexibility index (Phi) is 4.82. The highest BCUT2D eigenvalue weighted by Crippen LogP contribution is 2.37. The molecular formula is C14H21F3NSi. The molecule has 0 fully saturated rings. The van der Waals surface area contributed by atoms with Gasteiger partial charge in [-0.3, -0.25) is 0 Å². The van der Waals surface area contributed by atoms with E-state index in [1.165, 1.54) is 0 Å². The van der Waals surface area contributed by atoms with Gasteiger partial charge in [-0.15, -0.1) is 0 Å². The Hall–Kier alpha value is -0.843. The van der Waals surface area contributed by atoms with Gasteiger partial charge in [0.15, 0.2) is 0 Å². The predicted octanol–water partition coefficient (Wildman–Crippen LogP) is 4.01. The number of aromatic nitrogens is 1. The van der Waals surface area contributed by atoms with E-state index in [0.29, 0.717) is 5.19 Å². The van der Waals surface area contributed by atoms with Gasteiger partial charge in [-0.1, -0.05) is 33.9 Å². The number of pyridine rings is 1. The van der Waals surface area contributed by atoms with Gasteiger partial charge in [0.25, 0.3) is 0 Å². The second-order valence-electron chi connectivity index (χ2n) is 6.28. The molecule has 0 aliphatic rings. The molecule has 0 aliphatic carbocycles. The average Bonchev–Trinajstić information content (AvgIpc) is 2.35. The van der Waals surface area contributed by atoms with E-state index in [1.54, 1.807) is 0 Å². The van der Waals surface area contributed by atoms with Crippen LogP contribution in [0, 0.1) is 6.20 Å². The Morgan fingerprint density at radius 3 is 2.00 bits per heavy atom. The first kappa shape index (κ1) is 16.2. The van der Waals surface area contributed by atoms with Crippen LogP contribution in [-0.4, -0.2) is 13.1 Å². The van der Waals surface area contributed by atoms with Gasteiger partial charge in [-0.25, -0.2) is 18.2 Å². The van der Waals surface area contributed by atoms with Crippen molar-refractivity contribution in [2.75, 3.05) is 0 Å². The van der Waals surface area contributed by atoms with Crippen molar-refractivity contribution in [1.82, 2.24) is 4.98 Å². The van der Waals surface area contributed by atoms with Crippen LogP contribution in [0.5, 0.6) is 0 Å². The fourth-order valence-electron chi connectivity index (χ4n) is 2.07. The summed E-state index contributed by atoms with van der Waals surface area (Å²) < 4.78 is 39.5. The zero-order valence-corrected chi connectivity index (χ0v) is 13.2. The summed E-state index contributed by atoms with van der Waals surface area (Å²) in [7, 11) is -2.18. The minimum absolute atomic E-state index is 0.0551. The van der Waals surface area contributed by atoms with Crippen LogP contribution >= 0.6 is 0 Å². The number of alkyl halides is 3. The van der Waals surface area contributed by atoms with Gasteiger partial charge in [0.1, 0.15) is 20.0 Å². The molecule has 19 heavy (non-hydrogen) atoms. The molecule has 1 aromatic rings. The number of hydrogen-bond donors (Lipinski definition) is 0. The van der Waals surface area contributed by atoms with Gasteiger partial charge in [0, 0.05) is 11.1 Å². The van der Waals surface area contributed by atoms with Crippen molar-refractivity contribution in [3.8, 4) is 0 Å². The van der Waals surface area contributed by atoms with Crippen molar-refractivity contribution in [1.29, 1.82) is 0 Å². The minimum Gasteiger partial charge on any atom is -0.248 e. The van der Waals surface area contributed by atoms with E-state index in [1.807, 2.05) is 0 Å².